The second kappa shape index (κ2) is 6.85. The molecule has 0 radical (unpaired) electrons. The van der Waals surface area contributed by atoms with E-state index < -0.39 is 6.04 Å². The third-order valence-electron chi connectivity index (χ3n) is 7.82. The molecule has 1 aromatic rings. The molecule has 0 aromatic heterocycles. The summed E-state index contributed by atoms with van der Waals surface area (Å²) in [7, 11) is 0. The van der Waals surface area contributed by atoms with Crippen molar-refractivity contribution in [3.05, 3.63) is 29.8 Å². The van der Waals surface area contributed by atoms with Gasteiger partial charge in [0.15, 0.2) is 0 Å². The quantitative estimate of drug-likeness (QED) is 0.733. The van der Waals surface area contributed by atoms with Gasteiger partial charge in [0.25, 0.3) is 5.91 Å². The monoisotopic (exact) mass is 395 g/mol. The number of benzene rings is 1. The van der Waals surface area contributed by atoms with Gasteiger partial charge in [-0.1, -0.05) is 12.1 Å². The van der Waals surface area contributed by atoms with Gasteiger partial charge in [0.2, 0.25) is 11.8 Å². The molecule has 0 unspecified atom stereocenters. The zero-order chi connectivity index (χ0) is 20.2. The van der Waals surface area contributed by atoms with Crippen molar-refractivity contribution in [2.75, 3.05) is 5.32 Å². The summed E-state index contributed by atoms with van der Waals surface area (Å²) < 4.78 is 0. The molecule has 3 amide bonds. The molecule has 4 saturated carbocycles. The minimum Gasteiger partial charge on any atom is -0.353 e. The number of hydrogen-bond acceptors (Lipinski definition) is 3. The van der Waals surface area contributed by atoms with E-state index in [4.69, 9.17) is 0 Å². The highest BCUT2D eigenvalue weighted by Gasteiger charge is 2.53. The van der Waals surface area contributed by atoms with Gasteiger partial charge in [0.05, 0.1) is 17.7 Å². The number of fused-ring (bicyclic) bond motifs is 1. The molecule has 6 nitrogen and oxygen atoms in total. The van der Waals surface area contributed by atoms with E-state index in [0.29, 0.717) is 11.3 Å². The highest BCUT2D eigenvalue weighted by atomic mass is 16.2. The zero-order valence-electron chi connectivity index (χ0n) is 16.9. The van der Waals surface area contributed by atoms with Gasteiger partial charge in [-0.05, 0) is 80.8 Å². The molecule has 1 heterocycles. The number of rotatable bonds is 4. The van der Waals surface area contributed by atoms with Crippen LogP contribution in [0.15, 0.2) is 24.3 Å². The van der Waals surface area contributed by atoms with E-state index in [1.54, 1.807) is 24.3 Å². The van der Waals surface area contributed by atoms with Crippen LogP contribution in [0.5, 0.6) is 0 Å². The van der Waals surface area contributed by atoms with E-state index in [1.165, 1.54) is 38.5 Å². The van der Waals surface area contributed by atoms with Crippen molar-refractivity contribution in [1.82, 2.24) is 10.6 Å². The lowest BCUT2D eigenvalue weighted by Crippen LogP contribution is -2.56. The van der Waals surface area contributed by atoms with Crippen LogP contribution >= 0.6 is 0 Å². The van der Waals surface area contributed by atoms with Gasteiger partial charge in [-0.2, -0.15) is 0 Å². The first-order chi connectivity index (χ1) is 13.9. The molecule has 29 heavy (non-hydrogen) atoms. The van der Waals surface area contributed by atoms with Crippen molar-refractivity contribution in [3.8, 4) is 0 Å². The fourth-order valence-corrected chi connectivity index (χ4v) is 6.80. The molecular formula is C23H29N3O3. The molecule has 6 heteroatoms. The van der Waals surface area contributed by atoms with Gasteiger partial charge >= 0.3 is 0 Å². The number of nitrogens with one attached hydrogen (secondary N) is 3. The maximum absolute atomic E-state index is 12.8. The molecule has 1 aromatic carbocycles. The third kappa shape index (κ3) is 3.32. The highest BCUT2D eigenvalue weighted by Crippen LogP contribution is 2.61. The minimum absolute atomic E-state index is 0.0394. The Hall–Kier alpha value is -2.37. The van der Waals surface area contributed by atoms with E-state index in [-0.39, 0.29) is 35.6 Å². The predicted octanol–water partition coefficient (Wildman–Crippen LogP) is 2.85. The number of hydrogen-bond donors (Lipinski definition) is 3. The summed E-state index contributed by atoms with van der Waals surface area (Å²) in [5, 5.41) is 8.67. The second-order valence-electron chi connectivity index (χ2n) is 9.83. The van der Waals surface area contributed by atoms with Gasteiger partial charge in [0, 0.05) is 6.04 Å². The Morgan fingerprint density at radius 3 is 2.38 bits per heavy atom. The first kappa shape index (κ1) is 18.6. The van der Waals surface area contributed by atoms with E-state index in [2.05, 4.69) is 22.9 Å². The molecule has 4 fully saturated rings. The number of anilines is 1. The molecule has 0 spiro atoms. The molecule has 4 bridgehead atoms. The number of carbonyl (C=O) groups is 3. The van der Waals surface area contributed by atoms with Crippen LogP contribution in [0.3, 0.4) is 0 Å². The van der Waals surface area contributed by atoms with E-state index in [1.807, 2.05) is 0 Å². The lowest BCUT2D eigenvalue weighted by Gasteiger charge is -2.59. The number of amides is 3. The van der Waals surface area contributed by atoms with Crippen LogP contribution in [0, 0.1) is 23.2 Å². The molecule has 154 valence electrons. The maximum Gasteiger partial charge on any atom is 0.254 e. The standard InChI is InChI=1S/C23H29N3O3/c1-13(23-10-14-6-15(11-23)8-16(7-14)12-23)24-20(27)9-19-22(29)25-18-5-3-2-4-17(18)21(28)26-19/h2-5,13-16,19H,6-12H2,1H3,(H,24,27)(H,25,29)(H,26,28)/t13-,14?,15?,16?,19-,23?/m0/s1. The van der Waals surface area contributed by atoms with Crippen molar-refractivity contribution >= 4 is 23.4 Å². The predicted molar refractivity (Wildman–Crippen MR) is 109 cm³/mol. The van der Waals surface area contributed by atoms with Gasteiger partial charge in [0.1, 0.15) is 6.04 Å². The van der Waals surface area contributed by atoms with Crippen LogP contribution in [0.4, 0.5) is 5.69 Å². The summed E-state index contributed by atoms with van der Waals surface area (Å²) in [5.74, 6) is 1.63. The van der Waals surface area contributed by atoms with Crippen molar-refractivity contribution < 1.29 is 14.4 Å². The summed E-state index contributed by atoms with van der Waals surface area (Å²) >= 11 is 0. The summed E-state index contributed by atoms with van der Waals surface area (Å²) in [4.78, 5) is 37.8. The Morgan fingerprint density at radius 1 is 1.10 bits per heavy atom. The van der Waals surface area contributed by atoms with Crippen molar-refractivity contribution in [2.45, 2.75) is 64.0 Å². The minimum atomic E-state index is -0.863. The van der Waals surface area contributed by atoms with Crippen LogP contribution in [0.2, 0.25) is 0 Å². The van der Waals surface area contributed by atoms with Gasteiger partial charge < -0.3 is 16.0 Å². The van der Waals surface area contributed by atoms with Gasteiger partial charge in [-0.3, -0.25) is 14.4 Å². The normalized spacial score (nSPS) is 35.9. The van der Waals surface area contributed by atoms with Crippen LogP contribution in [-0.2, 0) is 9.59 Å². The zero-order valence-corrected chi connectivity index (χ0v) is 16.9. The Labute approximate surface area is 171 Å². The lowest BCUT2D eigenvalue weighted by molar-refractivity contribution is -0.129. The molecule has 6 rings (SSSR count). The van der Waals surface area contributed by atoms with E-state index >= 15 is 0 Å². The topological polar surface area (TPSA) is 87.3 Å². The molecule has 0 saturated heterocycles. The molecule has 3 N–H and O–H groups in total. The SMILES string of the molecule is C[C@H](NC(=O)C[C@@H]1NC(=O)c2ccccc2NC1=O)C12CC3CC(CC(C3)C1)C2. The van der Waals surface area contributed by atoms with E-state index in [9.17, 15) is 14.4 Å². The van der Waals surface area contributed by atoms with Crippen LogP contribution < -0.4 is 16.0 Å². The first-order valence-corrected chi connectivity index (χ1v) is 10.9. The highest BCUT2D eigenvalue weighted by molar-refractivity contribution is 6.10. The Balaban J connectivity index is 1.24. The molecule has 2 atom stereocenters. The number of para-hydroxylation sites is 1. The van der Waals surface area contributed by atoms with E-state index in [0.717, 1.165) is 17.8 Å². The first-order valence-electron chi connectivity index (χ1n) is 10.9. The Morgan fingerprint density at radius 2 is 1.72 bits per heavy atom. The lowest BCUT2D eigenvalue weighted by atomic mass is 9.48. The fraction of sp³-hybridized carbons (Fsp3) is 0.609. The maximum atomic E-state index is 12.8. The summed E-state index contributed by atoms with van der Waals surface area (Å²) in [6.07, 6.45) is 7.73. The summed E-state index contributed by atoms with van der Waals surface area (Å²) in [6.45, 7) is 2.13. The van der Waals surface area contributed by atoms with Crippen molar-refractivity contribution in [2.24, 2.45) is 23.2 Å². The summed E-state index contributed by atoms with van der Waals surface area (Å²) in [6, 6.07) is 6.13. The average molecular weight is 396 g/mol. The fourth-order valence-electron chi connectivity index (χ4n) is 6.80. The molecular weight excluding hydrogens is 366 g/mol. The van der Waals surface area contributed by atoms with Crippen LogP contribution in [-0.4, -0.2) is 29.8 Å². The van der Waals surface area contributed by atoms with Gasteiger partial charge in [-0.15, -0.1) is 0 Å². The number of carbonyl (C=O) groups excluding carboxylic acids is 3. The van der Waals surface area contributed by atoms with Crippen LogP contribution in [0.1, 0.15) is 62.2 Å². The third-order valence-corrected chi connectivity index (χ3v) is 7.82. The summed E-state index contributed by atoms with van der Waals surface area (Å²) in [5.41, 5.74) is 1.13. The largest absolute Gasteiger partial charge is 0.353 e. The Kier molecular flexibility index (Phi) is 4.41. The molecule has 1 aliphatic heterocycles. The van der Waals surface area contributed by atoms with Crippen molar-refractivity contribution in [3.63, 3.8) is 0 Å². The van der Waals surface area contributed by atoms with Crippen molar-refractivity contribution in [1.29, 1.82) is 0 Å². The Bertz CT molecular complexity index is 829. The smallest absolute Gasteiger partial charge is 0.254 e. The molecule has 4 aliphatic carbocycles. The molecule has 5 aliphatic rings. The van der Waals surface area contributed by atoms with Gasteiger partial charge in [-0.25, -0.2) is 0 Å². The average Bonchev–Trinajstić information content (AvgIpc) is 2.77. The van der Waals surface area contributed by atoms with Crippen LogP contribution in [0.25, 0.3) is 0 Å². The second-order valence-corrected chi connectivity index (χ2v) is 9.83.